The minimum atomic E-state index is -0.0277. The summed E-state index contributed by atoms with van der Waals surface area (Å²) in [5.41, 5.74) is 9.47. The Morgan fingerprint density at radius 1 is 1.50 bits per heavy atom. The van der Waals surface area contributed by atoms with Crippen LogP contribution >= 0.6 is 11.5 Å². The zero-order chi connectivity index (χ0) is 14.1. The van der Waals surface area contributed by atoms with Gasteiger partial charge in [-0.25, -0.2) is 0 Å². The molecule has 2 N–H and O–H groups in total. The molecule has 0 aliphatic carbocycles. The number of carbonyl (C=O) groups is 1. The van der Waals surface area contributed by atoms with Crippen LogP contribution in [0.15, 0.2) is 18.2 Å². The van der Waals surface area contributed by atoms with Crippen LogP contribution in [-0.4, -0.2) is 22.0 Å². The van der Waals surface area contributed by atoms with Crippen LogP contribution in [0.1, 0.15) is 34.3 Å². The van der Waals surface area contributed by atoms with E-state index in [1.807, 2.05) is 18.2 Å². The second-order valence-electron chi connectivity index (χ2n) is 4.86. The van der Waals surface area contributed by atoms with E-state index in [-0.39, 0.29) is 5.91 Å². The van der Waals surface area contributed by atoms with Crippen LogP contribution in [-0.2, 0) is 12.8 Å². The summed E-state index contributed by atoms with van der Waals surface area (Å²) in [6.45, 7) is 2.74. The molecule has 0 unspecified atom stereocenters. The number of aromatic nitrogens is 2. The molecule has 6 heteroatoms. The molecule has 3 rings (SSSR count). The molecule has 20 heavy (non-hydrogen) atoms. The van der Waals surface area contributed by atoms with E-state index in [9.17, 15) is 4.79 Å². The lowest BCUT2D eigenvalue weighted by atomic mass is 10.1. The van der Waals surface area contributed by atoms with Crippen molar-refractivity contribution in [1.29, 1.82) is 0 Å². The van der Waals surface area contributed by atoms with Gasteiger partial charge in [-0.1, -0.05) is 30.0 Å². The van der Waals surface area contributed by atoms with Gasteiger partial charge >= 0.3 is 0 Å². The predicted molar refractivity (Wildman–Crippen MR) is 80.1 cm³/mol. The third-order valence-corrected chi connectivity index (χ3v) is 4.26. The van der Waals surface area contributed by atoms with Gasteiger partial charge in [-0.15, -0.1) is 5.10 Å². The second-order valence-corrected chi connectivity index (χ2v) is 5.61. The van der Waals surface area contributed by atoms with Crippen molar-refractivity contribution in [3.8, 4) is 0 Å². The number of benzene rings is 1. The first-order valence-corrected chi connectivity index (χ1v) is 7.50. The Kier molecular flexibility index (Phi) is 3.40. The van der Waals surface area contributed by atoms with Gasteiger partial charge in [0.15, 0.2) is 0 Å². The van der Waals surface area contributed by atoms with E-state index in [1.165, 1.54) is 11.5 Å². The normalized spacial score (nSPS) is 13.6. The molecule has 0 atom stereocenters. The quantitative estimate of drug-likeness (QED) is 0.879. The predicted octanol–water partition coefficient (Wildman–Crippen LogP) is 2.28. The number of para-hydroxylation sites is 1. The van der Waals surface area contributed by atoms with Gasteiger partial charge in [0.1, 0.15) is 4.88 Å². The van der Waals surface area contributed by atoms with Crippen molar-refractivity contribution in [2.45, 2.75) is 26.2 Å². The van der Waals surface area contributed by atoms with E-state index < -0.39 is 0 Å². The standard InChI is InChI=1S/C14H16N4OS/c1-2-4-11-13(20-17-16-11)14(19)18-8-7-9-5-3-6-10(15)12(9)18/h3,5-6H,2,4,7-8,15H2,1H3. The van der Waals surface area contributed by atoms with Crippen molar-refractivity contribution < 1.29 is 4.79 Å². The van der Waals surface area contributed by atoms with Gasteiger partial charge in [0.25, 0.3) is 5.91 Å². The first kappa shape index (κ1) is 13.1. The molecule has 0 fully saturated rings. The fourth-order valence-electron chi connectivity index (χ4n) is 2.58. The number of amides is 1. The van der Waals surface area contributed by atoms with Gasteiger partial charge in [-0.2, -0.15) is 0 Å². The third kappa shape index (κ3) is 2.06. The number of nitrogen functional groups attached to an aromatic ring is 1. The van der Waals surface area contributed by atoms with Crippen molar-refractivity contribution >= 4 is 28.8 Å². The van der Waals surface area contributed by atoms with Crippen LogP contribution < -0.4 is 10.6 Å². The summed E-state index contributed by atoms with van der Waals surface area (Å²) in [4.78, 5) is 15.1. The Balaban J connectivity index is 1.96. The molecule has 1 aromatic heterocycles. The van der Waals surface area contributed by atoms with Crippen LogP contribution in [0.25, 0.3) is 0 Å². The molecule has 0 bridgehead atoms. The summed E-state index contributed by atoms with van der Waals surface area (Å²) in [5.74, 6) is -0.0277. The van der Waals surface area contributed by atoms with Gasteiger partial charge in [-0.3, -0.25) is 4.79 Å². The van der Waals surface area contributed by atoms with E-state index in [0.29, 0.717) is 17.1 Å². The summed E-state index contributed by atoms with van der Waals surface area (Å²) >= 11 is 1.17. The molecule has 0 radical (unpaired) electrons. The maximum atomic E-state index is 12.7. The van der Waals surface area contributed by atoms with Crippen molar-refractivity contribution in [2.75, 3.05) is 17.2 Å². The zero-order valence-corrected chi connectivity index (χ0v) is 12.1. The lowest BCUT2D eigenvalue weighted by molar-refractivity contribution is 0.0992. The lowest BCUT2D eigenvalue weighted by Crippen LogP contribution is -2.29. The maximum Gasteiger partial charge on any atom is 0.272 e. The van der Waals surface area contributed by atoms with E-state index in [4.69, 9.17) is 5.73 Å². The zero-order valence-electron chi connectivity index (χ0n) is 11.3. The highest BCUT2D eigenvalue weighted by Gasteiger charge is 2.30. The summed E-state index contributed by atoms with van der Waals surface area (Å²) in [6.07, 6.45) is 2.58. The highest BCUT2D eigenvalue weighted by atomic mass is 32.1. The summed E-state index contributed by atoms with van der Waals surface area (Å²) in [7, 11) is 0. The Morgan fingerprint density at radius 3 is 3.15 bits per heavy atom. The molecule has 1 amide bonds. The average Bonchev–Trinajstić information content (AvgIpc) is 3.05. The minimum absolute atomic E-state index is 0.0277. The molecule has 0 saturated heterocycles. The number of hydrogen-bond acceptors (Lipinski definition) is 5. The van der Waals surface area contributed by atoms with Gasteiger partial charge in [-0.05, 0) is 36.0 Å². The van der Waals surface area contributed by atoms with Gasteiger partial charge in [0.05, 0.1) is 17.1 Å². The molecule has 104 valence electrons. The van der Waals surface area contributed by atoms with Crippen LogP contribution in [0, 0.1) is 0 Å². The first-order chi connectivity index (χ1) is 9.72. The average molecular weight is 288 g/mol. The molecular formula is C14H16N4OS. The van der Waals surface area contributed by atoms with Crippen molar-refractivity contribution in [1.82, 2.24) is 9.59 Å². The monoisotopic (exact) mass is 288 g/mol. The fourth-order valence-corrected chi connectivity index (χ4v) is 3.24. The fraction of sp³-hybridized carbons (Fsp3) is 0.357. The Bertz CT molecular complexity index is 652. The molecule has 0 saturated carbocycles. The summed E-state index contributed by atoms with van der Waals surface area (Å²) < 4.78 is 3.92. The van der Waals surface area contributed by atoms with Gasteiger partial charge in [0, 0.05) is 6.54 Å². The Labute approximate surface area is 121 Å². The number of carbonyl (C=O) groups excluding carboxylic acids is 1. The van der Waals surface area contributed by atoms with Crippen LogP contribution in [0.3, 0.4) is 0 Å². The molecule has 2 heterocycles. The summed E-state index contributed by atoms with van der Waals surface area (Å²) in [6, 6.07) is 5.79. The minimum Gasteiger partial charge on any atom is -0.397 e. The number of fused-ring (bicyclic) bond motifs is 1. The third-order valence-electron chi connectivity index (χ3n) is 3.51. The molecular weight excluding hydrogens is 272 g/mol. The number of hydrogen-bond donors (Lipinski definition) is 1. The number of anilines is 2. The van der Waals surface area contributed by atoms with E-state index in [2.05, 4.69) is 16.5 Å². The number of aryl methyl sites for hydroxylation is 1. The Morgan fingerprint density at radius 2 is 2.35 bits per heavy atom. The molecule has 0 spiro atoms. The smallest absolute Gasteiger partial charge is 0.272 e. The number of rotatable bonds is 3. The van der Waals surface area contributed by atoms with Crippen LogP contribution in [0.4, 0.5) is 11.4 Å². The highest BCUT2D eigenvalue weighted by molar-refractivity contribution is 7.08. The van der Waals surface area contributed by atoms with Crippen molar-refractivity contribution in [3.05, 3.63) is 34.3 Å². The van der Waals surface area contributed by atoms with Crippen LogP contribution in [0.2, 0.25) is 0 Å². The van der Waals surface area contributed by atoms with Gasteiger partial charge in [0.2, 0.25) is 0 Å². The van der Waals surface area contributed by atoms with Gasteiger partial charge < -0.3 is 10.6 Å². The molecule has 1 aromatic carbocycles. The first-order valence-electron chi connectivity index (χ1n) is 6.72. The highest BCUT2D eigenvalue weighted by Crippen LogP contribution is 2.35. The summed E-state index contributed by atoms with van der Waals surface area (Å²) in [5, 5.41) is 4.07. The number of nitrogens with zero attached hydrogens (tertiary/aromatic N) is 3. The van der Waals surface area contributed by atoms with E-state index in [0.717, 1.165) is 36.2 Å². The van der Waals surface area contributed by atoms with Crippen LogP contribution in [0.5, 0.6) is 0 Å². The molecule has 1 aliphatic heterocycles. The van der Waals surface area contributed by atoms with E-state index in [1.54, 1.807) is 4.90 Å². The largest absolute Gasteiger partial charge is 0.397 e. The second kappa shape index (κ2) is 5.20. The van der Waals surface area contributed by atoms with Crippen molar-refractivity contribution in [3.63, 3.8) is 0 Å². The lowest BCUT2D eigenvalue weighted by Gasteiger charge is -2.18. The maximum absolute atomic E-state index is 12.7. The number of nitrogens with two attached hydrogens (primary N) is 1. The SMILES string of the molecule is CCCc1nnsc1C(=O)N1CCc2cccc(N)c21. The Hall–Kier alpha value is -1.95. The molecule has 5 nitrogen and oxygen atoms in total. The van der Waals surface area contributed by atoms with E-state index >= 15 is 0 Å². The topological polar surface area (TPSA) is 72.1 Å². The molecule has 1 aliphatic rings. The molecule has 2 aromatic rings. The van der Waals surface area contributed by atoms with Crippen molar-refractivity contribution in [2.24, 2.45) is 0 Å².